The van der Waals surface area contributed by atoms with Gasteiger partial charge >= 0.3 is 0 Å². The van der Waals surface area contributed by atoms with E-state index in [0.717, 1.165) is 77.2 Å². The van der Waals surface area contributed by atoms with Gasteiger partial charge in [0, 0.05) is 45.7 Å². The fraction of sp³-hybridized carbons (Fsp3) is 0.500. The SMILES string of the molecule is O=C(CC1CCOCC1)N[C@@H](CCN1CCC(n2cnc(Cc3ccccc3)n2)CC1)c1ccccc1. The Kier molecular flexibility index (Phi) is 8.98. The molecule has 2 fully saturated rings. The Morgan fingerprint density at radius 2 is 1.68 bits per heavy atom. The molecule has 2 aromatic carbocycles. The van der Waals surface area contributed by atoms with Crippen LogP contribution in [0.25, 0.3) is 0 Å². The Morgan fingerprint density at radius 3 is 2.41 bits per heavy atom. The van der Waals surface area contributed by atoms with Crippen LogP contribution in [-0.4, -0.2) is 58.4 Å². The molecule has 0 bridgehead atoms. The third-order valence-electron chi connectivity index (χ3n) is 7.78. The van der Waals surface area contributed by atoms with Crippen LogP contribution in [0, 0.1) is 5.92 Å². The summed E-state index contributed by atoms with van der Waals surface area (Å²) in [6, 6.07) is 21.2. The van der Waals surface area contributed by atoms with Crippen LogP contribution in [0.1, 0.15) is 67.6 Å². The van der Waals surface area contributed by atoms with Gasteiger partial charge in [0.15, 0.2) is 5.82 Å². The standard InChI is InChI=1S/C30H39N5O2/c36-30(22-25-14-19-37-20-15-25)32-28(26-9-5-2-6-10-26)13-18-34-16-11-27(12-17-34)35-23-31-29(33-35)21-24-7-3-1-4-8-24/h1-10,23,25,27-28H,11-22H2,(H,32,36)/t28-/m0/s1. The van der Waals surface area contributed by atoms with Crippen molar-refractivity contribution in [3.63, 3.8) is 0 Å². The van der Waals surface area contributed by atoms with Crippen molar-refractivity contribution in [1.82, 2.24) is 25.0 Å². The maximum absolute atomic E-state index is 12.9. The molecule has 2 saturated heterocycles. The van der Waals surface area contributed by atoms with E-state index < -0.39 is 0 Å². The summed E-state index contributed by atoms with van der Waals surface area (Å²) >= 11 is 0. The molecule has 3 heterocycles. The predicted molar refractivity (Wildman–Crippen MR) is 144 cm³/mol. The number of benzene rings is 2. The van der Waals surface area contributed by atoms with Gasteiger partial charge in [-0.1, -0.05) is 60.7 Å². The molecule has 2 aliphatic heterocycles. The minimum absolute atomic E-state index is 0.0436. The highest BCUT2D eigenvalue weighted by molar-refractivity contribution is 5.76. The van der Waals surface area contributed by atoms with Crippen LogP contribution in [0.2, 0.25) is 0 Å². The van der Waals surface area contributed by atoms with Crippen LogP contribution in [0.15, 0.2) is 67.0 Å². The van der Waals surface area contributed by atoms with Crippen molar-refractivity contribution in [3.8, 4) is 0 Å². The molecule has 0 aliphatic carbocycles. The molecule has 0 unspecified atom stereocenters. The molecule has 1 amide bonds. The lowest BCUT2D eigenvalue weighted by atomic mass is 9.95. The maximum atomic E-state index is 12.9. The molecule has 7 heteroatoms. The molecule has 7 nitrogen and oxygen atoms in total. The van der Waals surface area contributed by atoms with Crippen molar-refractivity contribution < 1.29 is 9.53 Å². The number of ether oxygens (including phenoxy) is 1. The molecule has 196 valence electrons. The fourth-order valence-electron chi connectivity index (χ4n) is 5.54. The van der Waals surface area contributed by atoms with E-state index in [1.807, 2.05) is 18.5 Å². The lowest BCUT2D eigenvalue weighted by Crippen LogP contribution is -2.38. The Bertz CT molecular complexity index is 1090. The van der Waals surface area contributed by atoms with E-state index in [9.17, 15) is 4.79 Å². The van der Waals surface area contributed by atoms with E-state index in [4.69, 9.17) is 9.84 Å². The Hall–Kier alpha value is -3.03. The zero-order chi connectivity index (χ0) is 25.3. The number of piperidine rings is 1. The summed E-state index contributed by atoms with van der Waals surface area (Å²) in [5, 5.41) is 8.13. The summed E-state index contributed by atoms with van der Waals surface area (Å²) in [5.74, 6) is 1.49. The summed E-state index contributed by atoms with van der Waals surface area (Å²) in [4.78, 5) is 20.0. The highest BCUT2D eigenvalue weighted by Crippen LogP contribution is 2.25. The molecule has 0 radical (unpaired) electrons. The van der Waals surface area contributed by atoms with Gasteiger partial charge in [-0.05, 0) is 49.1 Å². The molecular weight excluding hydrogens is 462 g/mol. The van der Waals surface area contributed by atoms with Crippen LogP contribution in [-0.2, 0) is 16.0 Å². The van der Waals surface area contributed by atoms with Gasteiger partial charge in [-0.15, -0.1) is 0 Å². The number of nitrogens with one attached hydrogen (secondary N) is 1. The van der Waals surface area contributed by atoms with Crippen molar-refractivity contribution in [2.24, 2.45) is 5.92 Å². The van der Waals surface area contributed by atoms with Gasteiger partial charge in [0.2, 0.25) is 5.91 Å². The van der Waals surface area contributed by atoms with E-state index in [0.29, 0.717) is 18.4 Å². The molecule has 3 aromatic rings. The van der Waals surface area contributed by atoms with E-state index in [1.165, 1.54) is 11.1 Å². The quantitative estimate of drug-likeness (QED) is 0.441. The second-order valence-electron chi connectivity index (χ2n) is 10.5. The van der Waals surface area contributed by atoms with E-state index in [2.05, 4.69) is 68.4 Å². The van der Waals surface area contributed by atoms with Gasteiger partial charge in [-0.25, -0.2) is 9.67 Å². The smallest absolute Gasteiger partial charge is 0.220 e. The first kappa shape index (κ1) is 25.6. The summed E-state index contributed by atoms with van der Waals surface area (Å²) < 4.78 is 7.52. The Labute approximate surface area is 220 Å². The van der Waals surface area contributed by atoms with Gasteiger partial charge in [0.1, 0.15) is 6.33 Å². The van der Waals surface area contributed by atoms with Crippen molar-refractivity contribution >= 4 is 5.91 Å². The largest absolute Gasteiger partial charge is 0.381 e. The van der Waals surface area contributed by atoms with Crippen LogP contribution >= 0.6 is 0 Å². The highest BCUT2D eigenvalue weighted by atomic mass is 16.5. The molecule has 1 atom stereocenters. The normalized spacial score (nSPS) is 18.5. The second kappa shape index (κ2) is 13.0. The summed E-state index contributed by atoms with van der Waals surface area (Å²) in [6.07, 6.45) is 8.29. The summed E-state index contributed by atoms with van der Waals surface area (Å²) in [6.45, 7) is 4.60. The molecular formula is C30H39N5O2. The zero-order valence-electron chi connectivity index (χ0n) is 21.7. The number of carbonyl (C=O) groups is 1. The van der Waals surface area contributed by atoms with Crippen molar-refractivity contribution in [2.75, 3.05) is 32.8 Å². The monoisotopic (exact) mass is 501 g/mol. The predicted octanol–water partition coefficient (Wildman–Crippen LogP) is 4.57. The van der Waals surface area contributed by atoms with Gasteiger partial charge < -0.3 is 15.0 Å². The van der Waals surface area contributed by atoms with Gasteiger partial charge in [-0.3, -0.25) is 4.79 Å². The molecule has 0 spiro atoms. The summed E-state index contributed by atoms with van der Waals surface area (Å²) in [7, 11) is 0. The lowest BCUT2D eigenvalue weighted by molar-refractivity contribution is -0.123. The van der Waals surface area contributed by atoms with Crippen LogP contribution in [0.3, 0.4) is 0 Å². The average Bonchev–Trinajstić information content (AvgIpc) is 3.41. The Balaban J connectivity index is 1.11. The average molecular weight is 502 g/mol. The van der Waals surface area contributed by atoms with Gasteiger partial charge in [0.25, 0.3) is 0 Å². The summed E-state index contributed by atoms with van der Waals surface area (Å²) in [5.41, 5.74) is 2.43. The number of nitrogens with zero attached hydrogens (tertiary/aromatic N) is 4. The number of carbonyl (C=O) groups excluding carboxylic acids is 1. The van der Waals surface area contributed by atoms with Gasteiger partial charge in [0.05, 0.1) is 12.1 Å². The molecule has 5 rings (SSSR count). The third-order valence-corrected chi connectivity index (χ3v) is 7.78. The van der Waals surface area contributed by atoms with E-state index in [-0.39, 0.29) is 11.9 Å². The minimum Gasteiger partial charge on any atom is -0.381 e. The fourth-order valence-corrected chi connectivity index (χ4v) is 5.54. The van der Waals surface area contributed by atoms with Crippen LogP contribution in [0.4, 0.5) is 0 Å². The molecule has 0 saturated carbocycles. The van der Waals surface area contributed by atoms with Crippen LogP contribution < -0.4 is 5.32 Å². The first-order chi connectivity index (χ1) is 18.2. The zero-order valence-corrected chi connectivity index (χ0v) is 21.7. The second-order valence-corrected chi connectivity index (χ2v) is 10.5. The van der Waals surface area contributed by atoms with Crippen molar-refractivity contribution in [3.05, 3.63) is 83.9 Å². The minimum atomic E-state index is 0.0436. The maximum Gasteiger partial charge on any atom is 0.220 e. The van der Waals surface area contributed by atoms with Crippen LogP contribution in [0.5, 0.6) is 0 Å². The van der Waals surface area contributed by atoms with Crippen molar-refractivity contribution in [2.45, 2.75) is 57.0 Å². The lowest BCUT2D eigenvalue weighted by Gasteiger charge is -2.33. The molecule has 1 aromatic heterocycles. The molecule has 2 aliphatic rings. The first-order valence-electron chi connectivity index (χ1n) is 13.8. The topological polar surface area (TPSA) is 72.3 Å². The Morgan fingerprint density at radius 1 is 0.973 bits per heavy atom. The number of likely N-dealkylation sites (tertiary alicyclic amines) is 1. The molecule has 1 N–H and O–H groups in total. The van der Waals surface area contributed by atoms with Crippen molar-refractivity contribution in [1.29, 1.82) is 0 Å². The number of aromatic nitrogens is 3. The van der Waals surface area contributed by atoms with Gasteiger partial charge in [-0.2, -0.15) is 5.10 Å². The molecule has 37 heavy (non-hydrogen) atoms. The van der Waals surface area contributed by atoms with E-state index >= 15 is 0 Å². The number of hydrogen-bond donors (Lipinski definition) is 1. The first-order valence-corrected chi connectivity index (χ1v) is 13.8. The third kappa shape index (κ3) is 7.49. The number of hydrogen-bond acceptors (Lipinski definition) is 5. The number of rotatable bonds is 10. The highest BCUT2D eigenvalue weighted by Gasteiger charge is 2.24. The number of amides is 1. The van der Waals surface area contributed by atoms with E-state index in [1.54, 1.807) is 0 Å².